The number of fused-ring (bicyclic) bond motifs is 2. The van der Waals surface area contributed by atoms with E-state index in [0.29, 0.717) is 29.3 Å². The Kier molecular flexibility index (Phi) is 5.03. The number of carbonyl (C=O) groups excluding carboxylic acids is 1. The summed E-state index contributed by atoms with van der Waals surface area (Å²) in [6.07, 6.45) is 6.64. The molecule has 0 saturated heterocycles. The second kappa shape index (κ2) is 7.99. The van der Waals surface area contributed by atoms with Gasteiger partial charge in [-0.2, -0.15) is 0 Å². The highest BCUT2D eigenvalue weighted by Crippen LogP contribution is 2.32. The summed E-state index contributed by atoms with van der Waals surface area (Å²) in [6, 6.07) is 7.64. The van der Waals surface area contributed by atoms with Crippen LogP contribution < -0.4 is 16.0 Å². The van der Waals surface area contributed by atoms with E-state index >= 15 is 0 Å². The van der Waals surface area contributed by atoms with E-state index in [0.717, 1.165) is 43.0 Å². The minimum Gasteiger partial charge on any atom is -0.366 e. The Hall–Kier alpha value is -3.46. The standard InChI is InChI=1S/C22H23N7OS/c1-28-9-3-2-7-16-19(24-12-14-6-5-11-31-14)26-20(27-21(16)28)22-25-13-17-15(18(23)30)8-4-10-29(17)22/h4-6,8,10-11,13H,2-3,7,9,12H2,1H3,(H2,23,30)(H,24,26,27). The molecule has 0 radical (unpaired) electrons. The van der Waals surface area contributed by atoms with Crippen molar-refractivity contribution in [1.82, 2.24) is 19.4 Å². The second-order valence-electron chi connectivity index (χ2n) is 7.63. The number of nitrogens with two attached hydrogens (primary N) is 1. The summed E-state index contributed by atoms with van der Waals surface area (Å²) in [5.74, 6) is 2.38. The number of nitrogens with zero attached hydrogens (tertiary/aromatic N) is 5. The Balaban J connectivity index is 1.64. The molecule has 0 aromatic carbocycles. The van der Waals surface area contributed by atoms with Gasteiger partial charge in [-0.15, -0.1) is 11.3 Å². The largest absolute Gasteiger partial charge is 0.366 e. The van der Waals surface area contributed by atoms with Gasteiger partial charge in [0.1, 0.15) is 11.6 Å². The Labute approximate surface area is 183 Å². The third-order valence-corrected chi connectivity index (χ3v) is 6.44. The van der Waals surface area contributed by atoms with Crippen molar-refractivity contribution in [3.8, 4) is 11.6 Å². The van der Waals surface area contributed by atoms with E-state index < -0.39 is 5.91 Å². The molecule has 4 aromatic rings. The molecule has 1 aliphatic rings. The number of aromatic nitrogens is 4. The number of nitrogens with one attached hydrogen (secondary N) is 1. The highest BCUT2D eigenvalue weighted by molar-refractivity contribution is 7.09. The molecule has 31 heavy (non-hydrogen) atoms. The first-order chi connectivity index (χ1) is 15.1. The zero-order valence-electron chi connectivity index (χ0n) is 17.2. The number of hydrogen-bond donors (Lipinski definition) is 2. The van der Waals surface area contributed by atoms with Gasteiger partial charge >= 0.3 is 0 Å². The maximum atomic E-state index is 11.8. The van der Waals surface area contributed by atoms with Gasteiger partial charge in [-0.25, -0.2) is 15.0 Å². The van der Waals surface area contributed by atoms with Crippen LogP contribution in [0.4, 0.5) is 11.6 Å². The number of pyridine rings is 1. The van der Waals surface area contributed by atoms with Crippen LogP contribution >= 0.6 is 11.3 Å². The maximum Gasteiger partial charge on any atom is 0.250 e. The Morgan fingerprint density at radius 1 is 1.26 bits per heavy atom. The number of thiophene rings is 1. The topological polar surface area (TPSA) is 101 Å². The molecule has 0 atom stereocenters. The third kappa shape index (κ3) is 3.61. The number of rotatable bonds is 5. The second-order valence-corrected chi connectivity index (χ2v) is 8.66. The first kappa shape index (κ1) is 19.5. The summed E-state index contributed by atoms with van der Waals surface area (Å²) >= 11 is 1.72. The quantitative estimate of drug-likeness (QED) is 0.501. The van der Waals surface area contributed by atoms with Crippen LogP contribution in [0.2, 0.25) is 0 Å². The lowest BCUT2D eigenvalue weighted by atomic mass is 10.1. The van der Waals surface area contributed by atoms with Crippen molar-refractivity contribution in [1.29, 1.82) is 0 Å². The summed E-state index contributed by atoms with van der Waals surface area (Å²) < 4.78 is 1.82. The normalized spacial score (nSPS) is 13.8. The highest BCUT2D eigenvalue weighted by Gasteiger charge is 2.23. The third-order valence-electron chi connectivity index (χ3n) is 5.56. The van der Waals surface area contributed by atoms with Crippen molar-refractivity contribution < 1.29 is 4.79 Å². The summed E-state index contributed by atoms with van der Waals surface area (Å²) in [6.45, 7) is 1.65. The van der Waals surface area contributed by atoms with Gasteiger partial charge in [-0.3, -0.25) is 9.20 Å². The summed E-state index contributed by atoms with van der Waals surface area (Å²) in [7, 11) is 2.07. The summed E-state index contributed by atoms with van der Waals surface area (Å²) in [5, 5.41) is 5.60. The van der Waals surface area contributed by atoms with Crippen LogP contribution in [-0.2, 0) is 13.0 Å². The predicted octanol–water partition coefficient (Wildman–Crippen LogP) is 3.34. The number of primary amides is 1. The van der Waals surface area contributed by atoms with Gasteiger partial charge in [-0.05, 0) is 42.8 Å². The van der Waals surface area contributed by atoms with Gasteiger partial charge in [0.25, 0.3) is 5.91 Å². The van der Waals surface area contributed by atoms with E-state index in [1.165, 1.54) is 4.88 Å². The zero-order valence-corrected chi connectivity index (χ0v) is 18.0. The molecule has 9 heteroatoms. The molecule has 1 amide bonds. The molecule has 0 aliphatic carbocycles. The van der Waals surface area contributed by atoms with Crippen LogP contribution in [0.3, 0.4) is 0 Å². The molecule has 0 spiro atoms. The molecule has 0 unspecified atom stereocenters. The number of hydrogen-bond acceptors (Lipinski definition) is 7. The molecule has 3 N–H and O–H groups in total. The van der Waals surface area contributed by atoms with Crippen LogP contribution in [0, 0.1) is 0 Å². The zero-order chi connectivity index (χ0) is 21.4. The molecule has 0 bridgehead atoms. The van der Waals surface area contributed by atoms with Crippen molar-refractivity contribution in [3.63, 3.8) is 0 Å². The summed E-state index contributed by atoms with van der Waals surface area (Å²) in [4.78, 5) is 29.6. The number of anilines is 2. The van der Waals surface area contributed by atoms with Crippen LogP contribution in [0.25, 0.3) is 17.2 Å². The first-order valence-corrected chi connectivity index (χ1v) is 11.1. The first-order valence-electron chi connectivity index (χ1n) is 10.3. The molecule has 0 fully saturated rings. The maximum absolute atomic E-state index is 11.8. The van der Waals surface area contributed by atoms with Gasteiger partial charge in [-0.1, -0.05) is 6.07 Å². The fourth-order valence-corrected chi connectivity index (χ4v) is 4.64. The van der Waals surface area contributed by atoms with Gasteiger partial charge in [0, 0.05) is 30.2 Å². The average molecular weight is 434 g/mol. The molecule has 158 valence electrons. The van der Waals surface area contributed by atoms with Gasteiger partial charge in [0.15, 0.2) is 11.6 Å². The van der Waals surface area contributed by atoms with Crippen LogP contribution in [0.5, 0.6) is 0 Å². The average Bonchev–Trinajstić information content (AvgIpc) is 3.40. The highest BCUT2D eigenvalue weighted by atomic mass is 32.1. The van der Waals surface area contributed by atoms with Gasteiger partial charge < -0.3 is 16.0 Å². The summed E-state index contributed by atoms with van der Waals surface area (Å²) in [5.41, 5.74) is 7.74. The smallest absolute Gasteiger partial charge is 0.250 e. The van der Waals surface area contributed by atoms with Crippen molar-refractivity contribution in [2.45, 2.75) is 25.8 Å². The molecule has 4 aromatic heterocycles. The van der Waals surface area contributed by atoms with Crippen molar-refractivity contribution in [3.05, 3.63) is 58.0 Å². The van der Waals surface area contributed by atoms with Crippen molar-refractivity contribution in [2.24, 2.45) is 5.73 Å². The van der Waals surface area contributed by atoms with Gasteiger partial charge in [0.2, 0.25) is 0 Å². The van der Waals surface area contributed by atoms with Crippen LogP contribution in [0.15, 0.2) is 42.0 Å². The molecule has 5 heterocycles. The molecule has 0 saturated carbocycles. The lowest BCUT2D eigenvalue weighted by molar-refractivity contribution is 0.100. The van der Waals surface area contributed by atoms with E-state index in [9.17, 15) is 4.79 Å². The lowest BCUT2D eigenvalue weighted by Crippen LogP contribution is -2.21. The number of carbonyl (C=O) groups is 1. The molecular formula is C22H23N7OS. The SMILES string of the molecule is CN1CCCCc2c(NCc3cccs3)nc(-c3ncc4c(C(N)=O)cccn34)nc21. The lowest BCUT2D eigenvalue weighted by Gasteiger charge is -2.21. The van der Waals surface area contributed by atoms with Crippen molar-refractivity contribution in [2.75, 3.05) is 23.8 Å². The van der Waals surface area contributed by atoms with Crippen LogP contribution in [0.1, 0.15) is 33.6 Å². The molecule has 8 nitrogen and oxygen atoms in total. The Bertz CT molecular complexity index is 1250. The van der Waals surface area contributed by atoms with E-state index in [2.05, 4.69) is 33.7 Å². The number of amides is 1. The fourth-order valence-electron chi connectivity index (χ4n) is 4.00. The minimum atomic E-state index is -0.488. The minimum absolute atomic E-state index is 0.421. The monoisotopic (exact) mass is 433 g/mol. The molecular weight excluding hydrogens is 410 g/mol. The molecule has 1 aliphatic heterocycles. The van der Waals surface area contributed by atoms with Crippen molar-refractivity contribution >= 4 is 34.4 Å². The van der Waals surface area contributed by atoms with E-state index in [4.69, 9.17) is 15.7 Å². The van der Waals surface area contributed by atoms with E-state index in [1.807, 2.05) is 16.7 Å². The predicted molar refractivity (Wildman–Crippen MR) is 123 cm³/mol. The van der Waals surface area contributed by atoms with E-state index in [-0.39, 0.29) is 0 Å². The Morgan fingerprint density at radius 2 is 2.16 bits per heavy atom. The van der Waals surface area contributed by atoms with E-state index in [1.54, 1.807) is 29.7 Å². The Morgan fingerprint density at radius 3 is 2.97 bits per heavy atom. The fraction of sp³-hybridized carbons (Fsp3) is 0.273. The molecule has 5 rings (SSSR count). The van der Waals surface area contributed by atoms with Gasteiger partial charge in [0.05, 0.1) is 23.8 Å². The number of imidazole rings is 1. The van der Waals surface area contributed by atoms with Crippen LogP contribution in [-0.4, -0.2) is 38.9 Å².